The second-order valence-electron chi connectivity index (χ2n) is 10.4. The molecule has 2 aromatic carbocycles. The Kier molecular flexibility index (Phi) is 6.66. The first kappa shape index (κ1) is 25.9. The summed E-state index contributed by atoms with van der Waals surface area (Å²) in [6.45, 7) is 5.14. The Morgan fingerprint density at radius 3 is 2.49 bits per heavy atom. The van der Waals surface area contributed by atoms with Crippen LogP contribution >= 0.6 is 11.6 Å². The highest BCUT2D eigenvalue weighted by molar-refractivity contribution is 7.88. The van der Waals surface area contributed by atoms with Gasteiger partial charge in [0.15, 0.2) is 0 Å². The molecule has 5 rings (SSSR count). The third kappa shape index (κ3) is 5.47. The first-order valence-corrected chi connectivity index (χ1v) is 13.6. The highest BCUT2D eigenvalue weighted by atomic mass is 35.5. The zero-order valence-electron chi connectivity index (χ0n) is 20.0. The molecule has 3 fully saturated rings. The van der Waals surface area contributed by atoms with Crippen LogP contribution in [0, 0.1) is 5.82 Å². The number of sulfonamides is 1. The molecular formula is C25H29ClF2N2O4S. The van der Waals surface area contributed by atoms with Gasteiger partial charge in [0, 0.05) is 29.5 Å². The van der Waals surface area contributed by atoms with E-state index in [1.165, 1.54) is 4.90 Å². The molecule has 0 unspecified atom stereocenters. The van der Waals surface area contributed by atoms with Gasteiger partial charge >= 0.3 is 6.09 Å². The van der Waals surface area contributed by atoms with Gasteiger partial charge < -0.3 is 4.74 Å². The average molecular weight is 527 g/mol. The number of halogens is 3. The molecule has 2 bridgehead atoms. The molecule has 2 aromatic rings. The molecule has 2 atom stereocenters. The molecule has 0 spiro atoms. The summed E-state index contributed by atoms with van der Waals surface area (Å²) in [4.78, 5) is 14.6. The molecule has 1 saturated carbocycles. The largest absolute Gasteiger partial charge is 0.444 e. The van der Waals surface area contributed by atoms with Crippen molar-refractivity contribution in [1.29, 1.82) is 0 Å². The molecule has 2 aliphatic heterocycles. The standard InChI is InChI=1S/C25H29ClF2N2O4S/c1-24(2,3)34-23(31)30-18-13-25(28,14-18)22(29-35(4,32)33)20(30)12-16-8-6-10-19(21(16)27)15-7-5-9-17(26)11-15/h5-11,18,20,22,29H,12-14H2,1-4H3/t18?,20-,22+,25?/m0/s1. The average Bonchev–Trinajstić information content (AvgIpc) is 2.68. The Morgan fingerprint density at radius 2 is 1.89 bits per heavy atom. The van der Waals surface area contributed by atoms with Crippen LogP contribution in [-0.2, 0) is 21.2 Å². The van der Waals surface area contributed by atoms with E-state index < -0.39 is 51.3 Å². The van der Waals surface area contributed by atoms with Crippen LogP contribution in [0.3, 0.4) is 0 Å². The highest BCUT2D eigenvalue weighted by Crippen LogP contribution is 2.50. The van der Waals surface area contributed by atoms with Gasteiger partial charge in [-0.1, -0.05) is 41.9 Å². The predicted octanol–water partition coefficient (Wildman–Crippen LogP) is 5.10. The first-order chi connectivity index (χ1) is 16.2. The SMILES string of the molecule is CC(C)(C)OC(=O)N1C2CC(F)(C2)[C@H](NS(C)(=O)=O)[C@@H]1Cc1cccc(-c2cccc(Cl)c2)c1F. The first-order valence-electron chi connectivity index (χ1n) is 11.4. The van der Waals surface area contributed by atoms with Crippen LogP contribution < -0.4 is 4.72 Å². The van der Waals surface area contributed by atoms with Crippen molar-refractivity contribution in [3.63, 3.8) is 0 Å². The highest BCUT2D eigenvalue weighted by Gasteiger charge is 2.64. The maximum absolute atomic E-state index is 15.7. The van der Waals surface area contributed by atoms with Crippen molar-refractivity contribution in [3.05, 3.63) is 58.9 Å². The van der Waals surface area contributed by atoms with Gasteiger partial charge in [0.2, 0.25) is 10.0 Å². The van der Waals surface area contributed by atoms with Crippen molar-refractivity contribution >= 4 is 27.7 Å². The van der Waals surface area contributed by atoms with Crippen molar-refractivity contribution < 1.29 is 26.7 Å². The minimum Gasteiger partial charge on any atom is -0.444 e. The van der Waals surface area contributed by atoms with Crippen LogP contribution in [0.4, 0.5) is 13.6 Å². The van der Waals surface area contributed by atoms with Crippen molar-refractivity contribution in [1.82, 2.24) is 9.62 Å². The zero-order chi connectivity index (χ0) is 25.8. The number of alkyl halides is 1. The molecule has 6 nitrogen and oxygen atoms in total. The number of ether oxygens (including phenoxy) is 1. The predicted molar refractivity (Wildman–Crippen MR) is 131 cm³/mol. The molecule has 2 saturated heterocycles. The number of hydrogen-bond donors (Lipinski definition) is 1. The summed E-state index contributed by atoms with van der Waals surface area (Å²) in [5.74, 6) is -0.538. The number of benzene rings is 2. The molecule has 190 valence electrons. The fraction of sp³-hybridized carbons (Fsp3) is 0.480. The van der Waals surface area contributed by atoms with Crippen molar-refractivity contribution in [2.24, 2.45) is 0 Å². The zero-order valence-corrected chi connectivity index (χ0v) is 21.6. The lowest BCUT2D eigenvalue weighted by Gasteiger charge is -2.60. The number of amides is 1. The van der Waals surface area contributed by atoms with Gasteiger partial charge in [-0.05, 0) is 50.5 Å². The number of fused-ring (bicyclic) bond motifs is 2. The molecule has 1 aliphatic carbocycles. The van der Waals surface area contributed by atoms with Crippen LogP contribution in [0.5, 0.6) is 0 Å². The minimum absolute atomic E-state index is 0.0129. The van der Waals surface area contributed by atoms with Crippen LogP contribution in [0.25, 0.3) is 11.1 Å². The summed E-state index contributed by atoms with van der Waals surface area (Å²) in [6, 6.07) is 8.89. The molecule has 10 heteroatoms. The molecule has 0 aromatic heterocycles. The lowest BCUT2D eigenvalue weighted by atomic mass is 9.64. The number of carbonyl (C=O) groups excluding carboxylic acids is 1. The minimum atomic E-state index is -3.82. The van der Waals surface area contributed by atoms with E-state index in [4.69, 9.17) is 16.3 Å². The Balaban J connectivity index is 1.75. The number of piperidine rings is 2. The smallest absolute Gasteiger partial charge is 0.410 e. The topological polar surface area (TPSA) is 75.7 Å². The van der Waals surface area contributed by atoms with E-state index in [2.05, 4.69) is 4.72 Å². The molecule has 3 aliphatic rings. The molecular weight excluding hydrogens is 498 g/mol. The van der Waals surface area contributed by atoms with Crippen LogP contribution in [0.2, 0.25) is 5.02 Å². The normalized spacial score (nSPS) is 26.3. The van der Waals surface area contributed by atoms with Gasteiger partial charge in [0.25, 0.3) is 0 Å². The fourth-order valence-corrected chi connectivity index (χ4v) is 6.04. The van der Waals surface area contributed by atoms with Gasteiger partial charge in [-0.15, -0.1) is 0 Å². The summed E-state index contributed by atoms with van der Waals surface area (Å²) in [6.07, 6.45) is 0.133. The van der Waals surface area contributed by atoms with Crippen molar-refractivity contribution in [2.45, 2.75) is 69.4 Å². The van der Waals surface area contributed by atoms with Crippen LogP contribution in [0.1, 0.15) is 39.2 Å². The second-order valence-corrected chi connectivity index (χ2v) is 12.6. The lowest BCUT2D eigenvalue weighted by molar-refractivity contribution is -0.131. The Labute approximate surface area is 209 Å². The van der Waals surface area contributed by atoms with Crippen molar-refractivity contribution in [2.75, 3.05) is 6.26 Å². The summed E-state index contributed by atoms with van der Waals surface area (Å²) >= 11 is 6.08. The Morgan fingerprint density at radius 1 is 1.23 bits per heavy atom. The van der Waals surface area contributed by atoms with E-state index >= 15 is 8.78 Å². The van der Waals surface area contributed by atoms with Gasteiger partial charge in [-0.2, -0.15) is 0 Å². The molecule has 1 amide bonds. The van der Waals surface area contributed by atoms with E-state index in [1.54, 1.807) is 63.2 Å². The lowest BCUT2D eigenvalue weighted by Crippen LogP contribution is -2.77. The van der Waals surface area contributed by atoms with E-state index in [0.29, 0.717) is 16.1 Å². The van der Waals surface area contributed by atoms with E-state index in [0.717, 1.165) is 6.26 Å². The number of nitrogens with one attached hydrogen (secondary N) is 1. The third-order valence-corrected chi connectivity index (χ3v) is 7.35. The summed E-state index contributed by atoms with van der Waals surface area (Å²) < 4.78 is 63.7. The Bertz CT molecular complexity index is 1240. The molecule has 0 radical (unpaired) electrons. The summed E-state index contributed by atoms with van der Waals surface area (Å²) in [7, 11) is -3.82. The summed E-state index contributed by atoms with van der Waals surface area (Å²) in [5.41, 5.74) is -1.55. The van der Waals surface area contributed by atoms with Gasteiger partial charge in [0.1, 0.15) is 17.1 Å². The van der Waals surface area contributed by atoms with Crippen LogP contribution in [-0.4, -0.2) is 55.1 Å². The van der Waals surface area contributed by atoms with Crippen molar-refractivity contribution in [3.8, 4) is 11.1 Å². The fourth-order valence-electron chi connectivity index (χ4n) is 5.02. The number of rotatable bonds is 5. The van der Waals surface area contributed by atoms with Gasteiger partial charge in [-0.25, -0.2) is 26.7 Å². The number of carbonyl (C=O) groups is 1. The third-order valence-electron chi connectivity index (χ3n) is 6.43. The van der Waals surface area contributed by atoms with E-state index in [1.807, 2.05) is 0 Å². The second kappa shape index (κ2) is 9.01. The summed E-state index contributed by atoms with van der Waals surface area (Å²) in [5, 5.41) is 0.451. The monoisotopic (exact) mass is 526 g/mol. The van der Waals surface area contributed by atoms with Gasteiger partial charge in [0.05, 0.1) is 18.3 Å². The van der Waals surface area contributed by atoms with E-state index in [9.17, 15) is 13.2 Å². The number of hydrogen-bond acceptors (Lipinski definition) is 4. The Hall–Kier alpha value is -2.23. The maximum Gasteiger partial charge on any atom is 0.410 e. The molecule has 2 heterocycles. The number of nitrogens with zero attached hydrogens (tertiary/aromatic N) is 1. The van der Waals surface area contributed by atoms with Gasteiger partial charge in [-0.3, -0.25) is 4.90 Å². The van der Waals surface area contributed by atoms with Crippen LogP contribution in [0.15, 0.2) is 42.5 Å². The quantitative estimate of drug-likeness (QED) is 0.588. The molecule has 1 N–H and O–H groups in total. The maximum atomic E-state index is 15.7. The molecule has 35 heavy (non-hydrogen) atoms. The van der Waals surface area contributed by atoms with E-state index in [-0.39, 0.29) is 24.8 Å².